The van der Waals surface area contributed by atoms with Gasteiger partial charge in [0.25, 0.3) is 0 Å². The van der Waals surface area contributed by atoms with Gasteiger partial charge in [0.05, 0.1) is 19.3 Å². The molecule has 0 bridgehead atoms. The van der Waals surface area contributed by atoms with E-state index in [0.717, 1.165) is 26.3 Å². The van der Waals surface area contributed by atoms with Gasteiger partial charge in [0.2, 0.25) is 5.90 Å². The number of nitrogens with zero attached hydrogens (tertiary/aromatic N) is 1. The van der Waals surface area contributed by atoms with E-state index >= 15 is 0 Å². The maximum atomic E-state index is 7.40. The molecule has 1 rings (SSSR count). The highest BCUT2D eigenvalue weighted by atomic mass is 32.1. The van der Waals surface area contributed by atoms with Gasteiger partial charge < -0.3 is 8.92 Å². The SMILES string of the molecule is CC(C(=N)OS)N1CCOCC1. The Balaban J connectivity index is 2.39. The lowest BCUT2D eigenvalue weighted by atomic mass is 10.2. The molecule has 1 N–H and O–H groups in total. The molecule has 70 valence electrons. The number of morpholine rings is 1. The van der Waals surface area contributed by atoms with Gasteiger partial charge in [-0.3, -0.25) is 10.3 Å². The van der Waals surface area contributed by atoms with Crippen LogP contribution in [0, 0.1) is 5.41 Å². The fraction of sp³-hybridized carbons (Fsp3) is 0.857. The average Bonchev–Trinajstić information content (AvgIpc) is 2.17. The summed E-state index contributed by atoms with van der Waals surface area (Å²) < 4.78 is 9.75. The van der Waals surface area contributed by atoms with Crippen LogP contribution in [-0.2, 0) is 8.92 Å². The van der Waals surface area contributed by atoms with Crippen LogP contribution in [0.25, 0.3) is 0 Å². The first kappa shape index (κ1) is 9.83. The van der Waals surface area contributed by atoms with Crippen molar-refractivity contribution in [2.45, 2.75) is 13.0 Å². The average molecular weight is 190 g/mol. The third-order valence-corrected chi connectivity index (χ3v) is 2.27. The lowest BCUT2D eigenvalue weighted by molar-refractivity contribution is 0.0297. The highest BCUT2D eigenvalue weighted by molar-refractivity contribution is 7.75. The highest BCUT2D eigenvalue weighted by Gasteiger charge is 2.21. The van der Waals surface area contributed by atoms with Crippen LogP contribution in [0.1, 0.15) is 6.92 Å². The van der Waals surface area contributed by atoms with Crippen molar-refractivity contribution < 1.29 is 8.92 Å². The number of hydrogen-bond donors (Lipinski definition) is 2. The van der Waals surface area contributed by atoms with Gasteiger partial charge in [0.1, 0.15) is 0 Å². The van der Waals surface area contributed by atoms with Crippen LogP contribution in [0.2, 0.25) is 0 Å². The van der Waals surface area contributed by atoms with Crippen molar-refractivity contribution in [3.63, 3.8) is 0 Å². The van der Waals surface area contributed by atoms with E-state index in [9.17, 15) is 0 Å². The van der Waals surface area contributed by atoms with Crippen molar-refractivity contribution >= 4 is 18.8 Å². The molecule has 1 fully saturated rings. The quantitative estimate of drug-likeness (QED) is 0.289. The molecular formula is C7H14N2O2S. The Kier molecular flexibility index (Phi) is 3.84. The van der Waals surface area contributed by atoms with Crippen LogP contribution in [-0.4, -0.2) is 43.1 Å². The van der Waals surface area contributed by atoms with Crippen LogP contribution in [0.4, 0.5) is 0 Å². The number of thiol groups is 1. The fourth-order valence-corrected chi connectivity index (χ4v) is 1.36. The van der Waals surface area contributed by atoms with Crippen molar-refractivity contribution in [3.05, 3.63) is 0 Å². The van der Waals surface area contributed by atoms with E-state index in [0.29, 0.717) is 0 Å². The molecule has 0 aromatic rings. The van der Waals surface area contributed by atoms with E-state index < -0.39 is 0 Å². The normalized spacial score (nSPS) is 21.8. The predicted octanol–water partition coefficient (Wildman–Crippen LogP) is 0.546. The van der Waals surface area contributed by atoms with Gasteiger partial charge >= 0.3 is 0 Å². The molecule has 4 nitrogen and oxygen atoms in total. The van der Waals surface area contributed by atoms with Crippen LogP contribution >= 0.6 is 12.9 Å². The number of hydrogen-bond acceptors (Lipinski definition) is 5. The van der Waals surface area contributed by atoms with E-state index in [1.165, 1.54) is 0 Å². The van der Waals surface area contributed by atoms with Gasteiger partial charge in [-0.1, -0.05) is 0 Å². The summed E-state index contributed by atoms with van der Waals surface area (Å²) in [5.74, 6) is 0.195. The summed E-state index contributed by atoms with van der Waals surface area (Å²) in [6, 6.07) is 0.00593. The first-order chi connectivity index (χ1) is 5.75. The molecule has 1 atom stereocenters. The second-order valence-electron chi connectivity index (χ2n) is 2.78. The Morgan fingerprint density at radius 3 is 2.67 bits per heavy atom. The Morgan fingerprint density at radius 1 is 1.58 bits per heavy atom. The Bertz CT molecular complexity index is 159. The lowest BCUT2D eigenvalue weighted by Gasteiger charge is -2.31. The summed E-state index contributed by atoms with van der Waals surface area (Å²) in [4.78, 5) is 2.14. The summed E-state index contributed by atoms with van der Waals surface area (Å²) in [6.07, 6.45) is 0. The molecule has 1 aliphatic heterocycles. The first-order valence-corrected chi connectivity index (χ1v) is 4.34. The molecule has 0 aliphatic carbocycles. The zero-order valence-electron chi connectivity index (χ0n) is 7.12. The number of nitrogens with one attached hydrogen (secondary N) is 1. The topological polar surface area (TPSA) is 45.5 Å². The molecule has 12 heavy (non-hydrogen) atoms. The summed E-state index contributed by atoms with van der Waals surface area (Å²) in [5, 5.41) is 7.40. The van der Waals surface area contributed by atoms with E-state index in [1.807, 2.05) is 6.92 Å². The van der Waals surface area contributed by atoms with Gasteiger partial charge in [-0.25, -0.2) is 0 Å². The van der Waals surface area contributed by atoms with Crippen molar-refractivity contribution in [2.75, 3.05) is 26.3 Å². The number of ether oxygens (including phenoxy) is 1. The van der Waals surface area contributed by atoms with Crippen LogP contribution in [0.5, 0.6) is 0 Å². The molecule has 1 saturated heterocycles. The molecule has 0 aromatic heterocycles. The Hall–Kier alpha value is -0.260. The van der Waals surface area contributed by atoms with Gasteiger partial charge in [0.15, 0.2) is 0 Å². The maximum absolute atomic E-state index is 7.40. The molecule has 5 heteroatoms. The minimum Gasteiger partial charge on any atom is -0.412 e. The molecule has 0 amide bonds. The standard InChI is InChI=1S/C7H14N2O2S/c1-6(7(8)11-12)9-2-4-10-5-3-9/h6,8,12H,2-5H2,1H3. The monoisotopic (exact) mass is 190 g/mol. The van der Waals surface area contributed by atoms with Crippen molar-refractivity contribution in [1.29, 1.82) is 5.41 Å². The summed E-state index contributed by atoms with van der Waals surface area (Å²) >= 11 is 3.59. The maximum Gasteiger partial charge on any atom is 0.213 e. The van der Waals surface area contributed by atoms with Crippen molar-refractivity contribution in [1.82, 2.24) is 4.90 Å². The minimum absolute atomic E-state index is 0.00593. The van der Waals surface area contributed by atoms with Crippen LogP contribution < -0.4 is 0 Å². The first-order valence-electron chi connectivity index (χ1n) is 3.97. The second-order valence-corrected chi connectivity index (χ2v) is 2.96. The second kappa shape index (κ2) is 4.69. The molecule has 0 spiro atoms. The Labute approximate surface area is 78.0 Å². The zero-order chi connectivity index (χ0) is 8.97. The third kappa shape index (κ3) is 2.36. The Morgan fingerprint density at radius 2 is 2.17 bits per heavy atom. The largest absolute Gasteiger partial charge is 0.412 e. The van der Waals surface area contributed by atoms with Crippen LogP contribution in [0.3, 0.4) is 0 Å². The minimum atomic E-state index is 0.00593. The smallest absolute Gasteiger partial charge is 0.213 e. The number of rotatable bonds is 2. The summed E-state index contributed by atoms with van der Waals surface area (Å²) in [6.45, 7) is 5.14. The molecule has 1 aliphatic rings. The van der Waals surface area contributed by atoms with Gasteiger partial charge in [-0.05, 0) is 6.92 Å². The molecular weight excluding hydrogens is 176 g/mol. The predicted molar refractivity (Wildman–Crippen MR) is 49.7 cm³/mol. The molecule has 0 saturated carbocycles. The van der Waals surface area contributed by atoms with Gasteiger partial charge in [-0.15, -0.1) is 0 Å². The summed E-state index contributed by atoms with van der Waals surface area (Å²) in [7, 11) is 0. The van der Waals surface area contributed by atoms with E-state index in [4.69, 9.17) is 10.1 Å². The van der Waals surface area contributed by atoms with E-state index in [1.54, 1.807) is 0 Å². The molecule has 0 aromatic carbocycles. The van der Waals surface area contributed by atoms with E-state index in [-0.39, 0.29) is 11.9 Å². The fourth-order valence-electron chi connectivity index (χ4n) is 1.21. The molecule has 1 heterocycles. The highest BCUT2D eigenvalue weighted by Crippen LogP contribution is 2.05. The molecule has 1 unspecified atom stereocenters. The third-order valence-electron chi connectivity index (χ3n) is 2.07. The molecule has 0 radical (unpaired) electrons. The van der Waals surface area contributed by atoms with Crippen LogP contribution in [0.15, 0.2) is 0 Å². The van der Waals surface area contributed by atoms with Crippen molar-refractivity contribution in [3.8, 4) is 0 Å². The summed E-state index contributed by atoms with van der Waals surface area (Å²) in [5.41, 5.74) is 0. The van der Waals surface area contributed by atoms with Gasteiger partial charge in [-0.2, -0.15) is 0 Å². The zero-order valence-corrected chi connectivity index (χ0v) is 8.01. The van der Waals surface area contributed by atoms with Gasteiger partial charge in [0, 0.05) is 26.0 Å². The van der Waals surface area contributed by atoms with E-state index in [2.05, 4.69) is 22.0 Å². The van der Waals surface area contributed by atoms with Crippen molar-refractivity contribution in [2.24, 2.45) is 0 Å². The lowest BCUT2D eigenvalue weighted by Crippen LogP contribution is -2.45.